The van der Waals surface area contributed by atoms with Gasteiger partial charge < -0.3 is 5.11 Å². The maximum Gasteiger partial charge on any atom is 0.322 e. The minimum Gasteiger partial charge on any atom is -0.480 e. The molecule has 1 aliphatic rings. The van der Waals surface area contributed by atoms with E-state index in [0.29, 0.717) is 12.8 Å². The fourth-order valence-corrected chi connectivity index (χ4v) is 4.94. The van der Waals surface area contributed by atoms with Crippen molar-refractivity contribution < 1.29 is 18.3 Å². The van der Waals surface area contributed by atoms with E-state index in [2.05, 4.69) is 22.6 Å². The molecule has 0 radical (unpaired) electrons. The Labute approximate surface area is 138 Å². The number of carbonyl (C=O) groups is 1. The summed E-state index contributed by atoms with van der Waals surface area (Å²) in [6.45, 7) is 3.86. The van der Waals surface area contributed by atoms with Crippen LogP contribution in [0.15, 0.2) is 29.2 Å². The predicted octanol–water partition coefficient (Wildman–Crippen LogP) is 2.56. The summed E-state index contributed by atoms with van der Waals surface area (Å²) in [7, 11) is -3.79. The summed E-state index contributed by atoms with van der Waals surface area (Å²) in [6, 6.07) is 5.43. The fraction of sp³-hybridized carbons (Fsp3) is 0.500. The maximum atomic E-state index is 12.8. The fourth-order valence-electron chi connectivity index (χ4n) is 2.80. The van der Waals surface area contributed by atoms with Gasteiger partial charge in [0.2, 0.25) is 10.0 Å². The second-order valence-corrected chi connectivity index (χ2v) is 9.04. The van der Waals surface area contributed by atoms with Crippen LogP contribution in [0.4, 0.5) is 0 Å². The van der Waals surface area contributed by atoms with Crippen molar-refractivity contribution in [2.45, 2.75) is 37.6 Å². The van der Waals surface area contributed by atoms with Gasteiger partial charge in [-0.05, 0) is 65.1 Å². The van der Waals surface area contributed by atoms with Gasteiger partial charge in [0.05, 0.1) is 4.90 Å². The van der Waals surface area contributed by atoms with Gasteiger partial charge >= 0.3 is 5.97 Å². The van der Waals surface area contributed by atoms with Crippen molar-refractivity contribution in [2.75, 3.05) is 6.54 Å². The van der Waals surface area contributed by atoms with Crippen molar-refractivity contribution >= 4 is 38.6 Å². The summed E-state index contributed by atoms with van der Waals surface area (Å²) in [4.78, 5) is 11.8. The van der Waals surface area contributed by atoms with E-state index in [4.69, 9.17) is 0 Å². The number of aliphatic carboxylic acids is 1. The van der Waals surface area contributed by atoms with Crippen molar-refractivity contribution in [3.63, 3.8) is 0 Å². The van der Waals surface area contributed by atoms with E-state index in [1.807, 2.05) is 0 Å². The zero-order valence-corrected chi connectivity index (χ0v) is 14.9. The number of sulfonamides is 1. The number of hydrogen-bond acceptors (Lipinski definition) is 3. The lowest BCUT2D eigenvalue weighted by Crippen LogP contribution is -2.56. The number of benzene rings is 1. The van der Waals surface area contributed by atoms with Crippen LogP contribution in [0.25, 0.3) is 0 Å². The van der Waals surface area contributed by atoms with Crippen molar-refractivity contribution in [3.05, 3.63) is 27.8 Å². The number of nitrogens with zero attached hydrogens (tertiary/aromatic N) is 1. The van der Waals surface area contributed by atoms with Gasteiger partial charge in [-0.15, -0.1) is 0 Å². The highest BCUT2D eigenvalue weighted by Gasteiger charge is 2.47. The van der Waals surface area contributed by atoms with E-state index >= 15 is 0 Å². The number of hydrogen-bond donors (Lipinski definition) is 1. The molecule has 0 aromatic heterocycles. The van der Waals surface area contributed by atoms with E-state index in [-0.39, 0.29) is 11.4 Å². The molecule has 116 valence electrons. The molecule has 7 heteroatoms. The third-order valence-electron chi connectivity index (χ3n) is 3.88. The average Bonchev–Trinajstić information content (AvgIpc) is 2.37. The largest absolute Gasteiger partial charge is 0.480 e. The Balaban J connectivity index is 2.46. The third-order valence-corrected chi connectivity index (χ3v) is 6.48. The molecule has 2 rings (SSSR count). The van der Waals surface area contributed by atoms with E-state index in [1.54, 1.807) is 26.0 Å². The Kier molecular flexibility index (Phi) is 4.65. The molecule has 0 spiro atoms. The average molecular weight is 423 g/mol. The van der Waals surface area contributed by atoms with Crippen LogP contribution in [-0.4, -0.2) is 36.4 Å². The molecule has 5 nitrogen and oxygen atoms in total. The molecule has 1 heterocycles. The highest BCUT2D eigenvalue weighted by Crippen LogP contribution is 2.38. The van der Waals surface area contributed by atoms with Crippen molar-refractivity contribution in [1.82, 2.24) is 4.31 Å². The molecule has 21 heavy (non-hydrogen) atoms. The van der Waals surface area contributed by atoms with Crippen LogP contribution >= 0.6 is 22.6 Å². The van der Waals surface area contributed by atoms with Gasteiger partial charge in [-0.25, -0.2) is 8.42 Å². The first-order valence-corrected chi connectivity index (χ1v) is 9.18. The van der Waals surface area contributed by atoms with Crippen molar-refractivity contribution in [2.24, 2.45) is 5.41 Å². The topological polar surface area (TPSA) is 74.7 Å². The van der Waals surface area contributed by atoms with E-state index in [0.717, 1.165) is 7.88 Å². The van der Waals surface area contributed by atoms with Crippen molar-refractivity contribution in [1.29, 1.82) is 0 Å². The van der Waals surface area contributed by atoms with Gasteiger partial charge in [-0.2, -0.15) is 4.31 Å². The first-order chi connectivity index (χ1) is 9.66. The van der Waals surface area contributed by atoms with E-state index < -0.39 is 27.4 Å². The Morgan fingerprint density at radius 1 is 1.33 bits per heavy atom. The first kappa shape index (κ1) is 16.7. The lowest BCUT2D eigenvalue weighted by molar-refractivity contribution is -0.147. The van der Waals surface area contributed by atoms with Crippen LogP contribution in [0.5, 0.6) is 0 Å². The molecule has 1 N–H and O–H groups in total. The van der Waals surface area contributed by atoms with E-state index in [1.165, 1.54) is 12.1 Å². The number of rotatable bonds is 3. The predicted molar refractivity (Wildman–Crippen MR) is 87.5 cm³/mol. The van der Waals surface area contributed by atoms with Crippen LogP contribution in [0.2, 0.25) is 0 Å². The molecular weight excluding hydrogens is 405 g/mol. The molecule has 1 aromatic carbocycles. The molecule has 0 bridgehead atoms. The first-order valence-electron chi connectivity index (χ1n) is 6.66. The Hall–Kier alpha value is -0.670. The zero-order chi connectivity index (χ0) is 15.8. The monoisotopic (exact) mass is 423 g/mol. The van der Waals surface area contributed by atoms with Crippen LogP contribution in [0.3, 0.4) is 0 Å². The smallest absolute Gasteiger partial charge is 0.322 e. The summed E-state index contributed by atoms with van der Waals surface area (Å²) >= 11 is 2.10. The van der Waals surface area contributed by atoms with Crippen LogP contribution in [0, 0.1) is 8.99 Å². The molecule has 0 saturated carbocycles. The van der Waals surface area contributed by atoms with E-state index in [9.17, 15) is 18.3 Å². The molecule has 0 amide bonds. The van der Waals surface area contributed by atoms with Crippen LogP contribution in [-0.2, 0) is 14.8 Å². The number of piperidine rings is 1. The Bertz CT molecular complexity index is 639. The van der Waals surface area contributed by atoms with Gasteiger partial charge in [0.15, 0.2) is 0 Å². The van der Waals surface area contributed by atoms with Gasteiger partial charge in [0.1, 0.15) is 6.04 Å². The zero-order valence-electron chi connectivity index (χ0n) is 11.9. The maximum absolute atomic E-state index is 12.8. The number of carboxylic acids is 1. The summed E-state index contributed by atoms with van der Waals surface area (Å²) in [5.41, 5.74) is -0.583. The highest BCUT2D eigenvalue weighted by atomic mass is 127. The standard InChI is InChI=1S/C14H18INO4S/c1-14(2)8-3-9-16(12(14)13(17)18)21(19,20)11-6-4-10(15)5-7-11/h4-7,12H,3,8-9H2,1-2H3,(H,17,18). The van der Waals surface area contributed by atoms with Crippen LogP contribution < -0.4 is 0 Å². The molecule has 1 atom stereocenters. The van der Waals surface area contributed by atoms with Gasteiger partial charge in [0.25, 0.3) is 0 Å². The molecule has 1 unspecified atom stereocenters. The lowest BCUT2D eigenvalue weighted by Gasteiger charge is -2.42. The third kappa shape index (κ3) is 3.24. The van der Waals surface area contributed by atoms with Gasteiger partial charge in [-0.1, -0.05) is 13.8 Å². The second-order valence-electron chi connectivity index (χ2n) is 5.90. The Morgan fingerprint density at radius 2 is 1.90 bits per heavy atom. The molecule has 1 aliphatic heterocycles. The van der Waals surface area contributed by atoms with Gasteiger partial charge in [-0.3, -0.25) is 4.79 Å². The SMILES string of the molecule is CC1(C)CCCN(S(=O)(=O)c2ccc(I)cc2)C1C(=O)O. The molecular formula is C14H18INO4S. The summed E-state index contributed by atoms with van der Waals surface area (Å²) in [6.07, 6.45) is 1.36. The summed E-state index contributed by atoms with van der Waals surface area (Å²) < 4.78 is 27.6. The number of carboxylic acid groups (broad SMARTS) is 1. The quantitative estimate of drug-likeness (QED) is 0.759. The molecule has 1 fully saturated rings. The number of halogens is 1. The molecule has 0 aliphatic carbocycles. The summed E-state index contributed by atoms with van der Waals surface area (Å²) in [5, 5.41) is 9.49. The highest BCUT2D eigenvalue weighted by molar-refractivity contribution is 14.1. The van der Waals surface area contributed by atoms with Crippen LogP contribution in [0.1, 0.15) is 26.7 Å². The minimum absolute atomic E-state index is 0.145. The second kappa shape index (κ2) is 5.85. The molecule has 1 aromatic rings. The normalized spacial score (nSPS) is 22.9. The Morgan fingerprint density at radius 3 is 2.43 bits per heavy atom. The molecule has 1 saturated heterocycles. The summed E-state index contributed by atoms with van der Waals surface area (Å²) in [5.74, 6) is -1.09. The van der Waals surface area contributed by atoms with Crippen molar-refractivity contribution in [3.8, 4) is 0 Å². The van der Waals surface area contributed by atoms with Gasteiger partial charge in [0, 0.05) is 10.1 Å². The minimum atomic E-state index is -3.79. The lowest BCUT2D eigenvalue weighted by atomic mass is 9.77.